The van der Waals surface area contributed by atoms with E-state index in [1.165, 1.54) is 96.3 Å². The highest BCUT2D eigenvalue weighted by Gasteiger charge is 2.04. The van der Waals surface area contributed by atoms with E-state index in [1.807, 2.05) is 0 Å². The highest BCUT2D eigenvalue weighted by atomic mass is 16.6. The largest absolute Gasteiger partial charge is 0.481 e. The van der Waals surface area contributed by atoms with Gasteiger partial charge in [0.2, 0.25) is 5.91 Å². The molecule has 0 aromatic rings. The smallest absolute Gasteiger partial charge is 0.303 e. The highest BCUT2D eigenvalue weighted by molar-refractivity contribution is 5.80. The molecular weight excluding hydrogens is 498 g/mol. The lowest BCUT2D eigenvalue weighted by Gasteiger charge is -2.08. The third-order valence-electron chi connectivity index (χ3n) is 6.61. The monoisotopic (exact) mass is 559 g/mol. The van der Waals surface area contributed by atoms with Gasteiger partial charge in [0.15, 0.2) is 0 Å². The Kier molecular flexibility index (Phi) is 32.0. The van der Waals surface area contributed by atoms with Crippen molar-refractivity contribution >= 4 is 11.9 Å². The van der Waals surface area contributed by atoms with E-state index in [4.69, 9.17) is 24.1 Å². The van der Waals surface area contributed by atoms with Crippen molar-refractivity contribution in [2.45, 2.75) is 129 Å². The van der Waals surface area contributed by atoms with Gasteiger partial charge in [0, 0.05) is 26.2 Å². The van der Waals surface area contributed by atoms with Crippen LogP contribution in [0.3, 0.4) is 0 Å². The summed E-state index contributed by atoms with van der Waals surface area (Å²) < 4.78 is 22.1. The minimum Gasteiger partial charge on any atom is -0.481 e. The first-order chi connectivity index (χ1) is 19.2. The van der Waals surface area contributed by atoms with Crippen LogP contribution in [0.15, 0.2) is 0 Å². The van der Waals surface area contributed by atoms with Crippen LogP contribution in [0.4, 0.5) is 0 Å². The molecule has 0 spiro atoms. The summed E-state index contributed by atoms with van der Waals surface area (Å²) in [5.74, 6) is -1.21. The Bertz CT molecular complexity index is 519. The van der Waals surface area contributed by atoms with E-state index >= 15 is 0 Å². The van der Waals surface area contributed by atoms with Gasteiger partial charge >= 0.3 is 5.97 Å². The zero-order valence-electron chi connectivity index (χ0n) is 25.2. The number of aliphatic carboxylic acids is 1. The van der Waals surface area contributed by atoms with Gasteiger partial charge < -0.3 is 29.4 Å². The summed E-state index contributed by atoms with van der Waals surface area (Å²) in [6.07, 6.45) is 22.6. The number of amides is 1. The van der Waals surface area contributed by atoms with Crippen molar-refractivity contribution in [2.75, 3.05) is 59.4 Å². The molecule has 39 heavy (non-hydrogen) atoms. The van der Waals surface area contributed by atoms with Gasteiger partial charge in [-0.25, -0.2) is 0 Å². The Morgan fingerprint density at radius 3 is 1.26 bits per heavy atom. The number of unbranched alkanes of at least 4 members (excludes halogenated alkanes) is 15. The molecule has 1 amide bonds. The number of hydrogen-bond donors (Lipinski definition) is 2. The van der Waals surface area contributed by atoms with E-state index in [0.717, 1.165) is 13.0 Å². The van der Waals surface area contributed by atoms with E-state index in [-0.39, 0.29) is 18.7 Å². The number of rotatable bonds is 33. The fourth-order valence-corrected chi connectivity index (χ4v) is 4.22. The van der Waals surface area contributed by atoms with E-state index in [2.05, 4.69) is 12.2 Å². The zero-order valence-corrected chi connectivity index (χ0v) is 25.2. The van der Waals surface area contributed by atoms with Crippen LogP contribution in [0.1, 0.15) is 129 Å². The standard InChI is InChI=1S/C31H61NO7/c1-2-3-4-5-6-7-8-9-10-11-12-13-14-15-16-17-22-36-24-26-38-28-29-39-27-25-37-23-18-21-32-30(33)19-20-31(34)35/h2-29H2,1H3,(H,32,33)(H,34,35). The second-order valence-corrected chi connectivity index (χ2v) is 10.4. The summed E-state index contributed by atoms with van der Waals surface area (Å²) in [6.45, 7) is 7.41. The molecule has 0 aliphatic rings. The van der Waals surface area contributed by atoms with Crippen molar-refractivity contribution in [3.05, 3.63) is 0 Å². The van der Waals surface area contributed by atoms with Gasteiger partial charge in [-0.05, 0) is 12.8 Å². The lowest BCUT2D eigenvalue weighted by molar-refractivity contribution is -0.138. The SMILES string of the molecule is CCCCCCCCCCCCCCCCCCOCCOCCOCCOCCCNC(=O)CCC(=O)O. The number of carboxylic acid groups (broad SMARTS) is 1. The van der Waals surface area contributed by atoms with Crippen LogP contribution >= 0.6 is 0 Å². The zero-order chi connectivity index (χ0) is 28.5. The Morgan fingerprint density at radius 2 is 0.846 bits per heavy atom. The summed E-state index contributed by atoms with van der Waals surface area (Å²) >= 11 is 0. The van der Waals surface area contributed by atoms with Crippen LogP contribution in [0.2, 0.25) is 0 Å². The first-order valence-electron chi connectivity index (χ1n) is 16.0. The molecule has 0 aromatic heterocycles. The topological polar surface area (TPSA) is 103 Å². The maximum Gasteiger partial charge on any atom is 0.303 e. The molecule has 0 fully saturated rings. The predicted molar refractivity (Wildman–Crippen MR) is 157 cm³/mol. The Morgan fingerprint density at radius 1 is 0.487 bits per heavy atom. The number of hydrogen-bond acceptors (Lipinski definition) is 6. The molecule has 2 N–H and O–H groups in total. The van der Waals surface area contributed by atoms with Crippen LogP contribution in [0, 0.1) is 0 Å². The molecular formula is C31H61NO7. The first kappa shape index (κ1) is 37.8. The fourth-order valence-electron chi connectivity index (χ4n) is 4.22. The third kappa shape index (κ3) is 34.8. The maximum absolute atomic E-state index is 11.4. The van der Waals surface area contributed by atoms with E-state index in [0.29, 0.717) is 59.2 Å². The van der Waals surface area contributed by atoms with Crippen molar-refractivity contribution in [1.29, 1.82) is 0 Å². The summed E-state index contributed by atoms with van der Waals surface area (Å²) in [7, 11) is 0. The molecule has 8 heteroatoms. The molecule has 0 unspecified atom stereocenters. The molecule has 0 rings (SSSR count). The number of nitrogens with one attached hydrogen (secondary N) is 1. The van der Waals surface area contributed by atoms with Crippen LogP contribution in [0.25, 0.3) is 0 Å². The molecule has 8 nitrogen and oxygen atoms in total. The van der Waals surface area contributed by atoms with Gasteiger partial charge in [-0.3, -0.25) is 9.59 Å². The maximum atomic E-state index is 11.4. The van der Waals surface area contributed by atoms with Crippen molar-refractivity contribution in [3.8, 4) is 0 Å². The van der Waals surface area contributed by atoms with Gasteiger partial charge in [-0.15, -0.1) is 0 Å². The second kappa shape index (κ2) is 33.0. The van der Waals surface area contributed by atoms with Crippen LogP contribution < -0.4 is 5.32 Å². The second-order valence-electron chi connectivity index (χ2n) is 10.4. The molecule has 232 valence electrons. The van der Waals surface area contributed by atoms with Crippen molar-refractivity contribution in [1.82, 2.24) is 5.32 Å². The van der Waals surface area contributed by atoms with Crippen molar-refractivity contribution in [3.63, 3.8) is 0 Å². The Hall–Kier alpha value is -1.22. The Labute approximate surface area is 239 Å². The van der Waals surface area contributed by atoms with Gasteiger partial charge in [0.05, 0.1) is 46.1 Å². The first-order valence-corrected chi connectivity index (χ1v) is 16.0. The van der Waals surface area contributed by atoms with Crippen molar-refractivity contribution in [2.24, 2.45) is 0 Å². The molecule has 0 saturated heterocycles. The van der Waals surface area contributed by atoms with Gasteiger partial charge in [0.25, 0.3) is 0 Å². The molecule has 0 heterocycles. The fraction of sp³-hybridized carbons (Fsp3) is 0.935. The van der Waals surface area contributed by atoms with E-state index in [1.54, 1.807) is 0 Å². The molecule has 0 atom stereocenters. The van der Waals surface area contributed by atoms with Crippen LogP contribution in [-0.4, -0.2) is 76.4 Å². The quantitative estimate of drug-likeness (QED) is 0.0864. The van der Waals surface area contributed by atoms with Crippen LogP contribution in [-0.2, 0) is 28.5 Å². The third-order valence-corrected chi connectivity index (χ3v) is 6.61. The number of ether oxygens (including phenoxy) is 4. The number of carbonyl (C=O) groups is 2. The van der Waals surface area contributed by atoms with Crippen LogP contribution in [0.5, 0.6) is 0 Å². The van der Waals surface area contributed by atoms with Gasteiger partial charge in [-0.1, -0.05) is 103 Å². The van der Waals surface area contributed by atoms with E-state index < -0.39 is 5.97 Å². The lowest BCUT2D eigenvalue weighted by atomic mass is 10.0. The normalized spacial score (nSPS) is 11.2. The summed E-state index contributed by atoms with van der Waals surface area (Å²) in [5, 5.41) is 11.2. The molecule has 0 saturated carbocycles. The average Bonchev–Trinajstić information content (AvgIpc) is 2.93. The van der Waals surface area contributed by atoms with E-state index in [9.17, 15) is 9.59 Å². The summed E-state index contributed by atoms with van der Waals surface area (Å²) in [6, 6.07) is 0. The number of carbonyl (C=O) groups excluding carboxylic acids is 1. The molecule has 0 aliphatic carbocycles. The summed E-state index contributed by atoms with van der Waals surface area (Å²) in [4.78, 5) is 21.7. The number of carboxylic acids is 1. The van der Waals surface area contributed by atoms with Gasteiger partial charge in [0.1, 0.15) is 0 Å². The molecule has 0 aromatic carbocycles. The van der Waals surface area contributed by atoms with Crippen molar-refractivity contribution < 1.29 is 33.6 Å². The molecule has 0 bridgehead atoms. The molecule has 0 radical (unpaired) electrons. The summed E-state index contributed by atoms with van der Waals surface area (Å²) in [5.41, 5.74) is 0. The van der Waals surface area contributed by atoms with Gasteiger partial charge in [-0.2, -0.15) is 0 Å². The Balaban J connectivity index is 3.07. The average molecular weight is 560 g/mol. The predicted octanol–water partition coefficient (Wildman–Crippen LogP) is 6.69. The lowest BCUT2D eigenvalue weighted by Crippen LogP contribution is -2.25. The minimum absolute atomic E-state index is 0.0117. The highest BCUT2D eigenvalue weighted by Crippen LogP contribution is 2.13. The minimum atomic E-state index is -0.965. The molecule has 0 aliphatic heterocycles.